The maximum atomic E-state index is 6.05. The van der Waals surface area contributed by atoms with Crippen molar-refractivity contribution in [1.82, 2.24) is 9.88 Å². The van der Waals surface area contributed by atoms with Gasteiger partial charge in [-0.15, -0.1) is 0 Å². The van der Waals surface area contributed by atoms with Gasteiger partial charge in [0.2, 0.25) is 0 Å². The number of piperidine rings is 1. The van der Waals surface area contributed by atoms with E-state index in [9.17, 15) is 0 Å². The maximum absolute atomic E-state index is 6.05. The van der Waals surface area contributed by atoms with Crippen LogP contribution in [0.1, 0.15) is 30.9 Å². The molecule has 28 heavy (non-hydrogen) atoms. The van der Waals surface area contributed by atoms with Crippen molar-refractivity contribution in [3.05, 3.63) is 58.7 Å². The molecule has 3 heterocycles. The Morgan fingerprint density at radius 3 is 2.61 bits per heavy atom. The van der Waals surface area contributed by atoms with Crippen molar-refractivity contribution >= 4 is 17.4 Å². The lowest BCUT2D eigenvalue weighted by Crippen LogP contribution is -2.56. The van der Waals surface area contributed by atoms with Gasteiger partial charge in [0.15, 0.2) is 0 Å². The maximum Gasteiger partial charge on any atom is 0.128 e. The molecular weight excluding hydrogens is 370 g/mol. The molecule has 0 amide bonds. The summed E-state index contributed by atoms with van der Waals surface area (Å²) < 4.78 is 6.02. The van der Waals surface area contributed by atoms with Crippen LogP contribution in [0.4, 0.5) is 5.82 Å². The number of anilines is 1. The number of ether oxygens (including phenoxy) is 1. The van der Waals surface area contributed by atoms with E-state index < -0.39 is 0 Å². The van der Waals surface area contributed by atoms with Gasteiger partial charge in [-0.2, -0.15) is 0 Å². The summed E-state index contributed by atoms with van der Waals surface area (Å²) in [4.78, 5) is 9.72. The van der Waals surface area contributed by atoms with E-state index in [1.54, 1.807) is 0 Å². The second kappa shape index (κ2) is 8.81. The number of aromatic nitrogens is 1. The van der Waals surface area contributed by atoms with E-state index in [1.807, 2.05) is 18.3 Å². The molecule has 2 aliphatic rings. The van der Waals surface area contributed by atoms with Crippen molar-refractivity contribution < 1.29 is 4.74 Å². The first-order valence-corrected chi connectivity index (χ1v) is 10.8. The smallest absolute Gasteiger partial charge is 0.128 e. The lowest BCUT2D eigenvalue weighted by atomic mass is 9.96. The summed E-state index contributed by atoms with van der Waals surface area (Å²) in [5.74, 6) is 1.12. The zero-order valence-corrected chi connectivity index (χ0v) is 17.6. The van der Waals surface area contributed by atoms with Crippen molar-refractivity contribution in [3.8, 4) is 0 Å². The molecule has 2 saturated heterocycles. The monoisotopic (exact) mass is 399 g/mol. The van der Waals surface area contributed by atoms with Crippen molar-refractivity contribution in [2.75, 3.05) is 31.1 Å². The standard InChI is InChI=1S/C23H30ClN3O/c1-17-7-10-25-23(13-17)26-11-8-21(9-12-26)27-15-18(2)28-16-22(27)14-19-3-5-20(24)6-4-19/h3-7,10,13,18,21-22H,8-9,11-12,14-16H2,1-2H3/t18-,22-/m0/s1. The molecule has 4 rings (SSSR count). The Balaban J connectivity index is 1.41. The molecule has 4 nitrogen and oxygen atoms in total. The van der Waals surface area contributed by atoms with Crippen LogP contribution in [0.25, 0.3) is 0 Å². The second-order valence-corrected chi connectivity index (χ2v) is 8.67. The van der Waals surface area contributed by atoms with Crippen LogP contribution in [0.3, 0.4) is 0 Å². The summed E-state index contributed by atoms with van der Waals surface area (Å²) in [6.07, 6.45) is 5.60. The van der Waals surface area contributed by atoms with E-state index in [4.69, 9.17) is 16.3 Å². The van der Waals surface area contributed by atoms with Gasteiger partial charge in [0, 0.05) is 42.9 Å². The molecular formula is C23H30ClN3O. The van der Waals surface area contributed by atoms with Gasteiger partial charge in [-0.25, -0.2) is 4.98 Å². The highest BCUT2D eigenvalue weighted by Crippen LogP contribution is 2.27. The van der Waals surface area contributed by atoms with Crippen LogP contribution in [-0.2, 0) is 11.2 Å². The number of hydrogen-bond acceptors (Lipinski definition) is 4. The molecule has 2 fully saturated rings. The topological polar surface area (TPSA) is 28.6 Å². The molecule has 1 aromatic heterocycles. The minimum Gasteiger partial charge on any atom is -0.376 e. The van der Waals surface area contributed by atoms with E-state index in [2.05, 4.69) is 52.9 Å². The van der Waals surface area contributed by atoms with E-state index in [-0.39, 0.29) is 0 Å². The molecule has 0 radical (unpaired) electrons. The Labute approximate surface area is 173 Å². The number of pyridine rings is 1. The molecule has 0 N–H and O–H groups in total. The highest BCUT2D eigenvalue weighted by Gasteiger charge is 2.34. The molecule has 2 aromatic rings. The summed E-state index contributed by atoms with van der Waals surface area (Å²) >= 11 is 6.05. The first-order chi connectivity index (χ1) is 13.6. The molecule has 150 valence electrons. The second-order valence-electron chi connectivity index (χ2n) is 8.23. The van der Waals surface area contributed by atoms with Crippen molar-refractivity contribution in [2.45, 2.75) is 51.3 Å². The number of morpholine rings is 1. The van der Waals surface area contributed by atoms with E-state index in [0.29, 0.717) is 18.2 Å². The van der Waals surface area contributed by atoms with E-state index in [1.165, 1.54) is 24.0 Å². The number of aryl methyl sites for hydroxylation is 1. The highest BCUT2D eigenvalue weighted by atomic mass is 35.5. The van der Waals surface area contributed by atoms with Crippen molar-refractivity contribution in [3.63, 3.8) is 0 Å². The van der Waals surface area contributed by atoms with Crippen molar-refractivity contribution in [1.29, 1.82) is 0 Å². The van der Waals surface area contributed by atoms with E-state index in [0.717, 1.165) is 43.5 Å². The molecule has 0 spiro atoms. The number of hydrogen-bond donors (Lipinski definition) is 0. The van der Waals surface area contributed by atoms with Crippen LogP contribution in [0.2, 0.25) is 5.02 Å². The Hall–Kier alpha value is -1.62. The Morgan fingerprint density at radius 1 is 1.14 bits per heavy atom. The van der Waals surface area contributed by atoms with Crippen LogP contribution in [0, 0.1) is 6.92 Å². The largest absolute Gasteiger partial charge is 0.376 e. The summed E-state index contributed by atoms with van der Waals surface area (Å²) in [5.41, 5.74) is 2.61. The zero-order chi connectivity index (χ0) is 19.5. The fourth-order valence-corrected chi connectivity index (χ4v) is 4.63. The first kappa shape index (κ1) is 19.7. The van der Waals surface area contributed by atoms with Gasteiger partial charge in [0.25, 0.3) is 0 Å². The van der Waals surface area contributed by atoms with Crippen LogP contribution >= 0.6 is 11.6 Å². The molecule has 1 aromatic carbocycles. The lowest BCUT2D eigenvalue weighted by Gasteiger charge is -2.46. The quantitative estimate of drug-likeness (QED) is 0.764. The van der Waals surface area contributed by atoms with Gasteiger partial charge in [0.1, 0.15) is 5.82 Å². The molecule has 2 aliphatic heterocycles. The van der Waals surface area contributed by atoms with Crippen LogP contribution < -0.4 is 4.90 Å². The van der Waals surface area contributed by atoms with Gasteiger partial charge < -0.3 is 9.64 Å². The van der Waals surface area contributed by atoms with Gasteiger partial charge >= 0.3 is 0 Å². The van der Waals surface area contributed by atoms with Crippen LogP contribution in [0.5, 0.6) is 0 Å². The Bertz CT molecular complexity index is 774. The van der Waals surface area contributed by atoms with Gasteiger partial charge in [-0.05, 0) is 68.5 Å². The SMILES string of the molecule is Cc1ccnc(N2CCC(N3C[C@H](C)OC[C@@H]3Cc3ccc(Cl)cc3)CC2)c1. The normalized spacial score (nSPS) is 24.5. The van der Waals surface area contributed by atoms with Crippen LogP contribution in [0.15, 0.2) is 42.6 Å². The fourth-order valence-electron chi connectivity index (χ4n) is 4.51. The third-order valence-electron chi connectivity index (χ3n) is 6.05. The number of halogens is 1. The first-order valence-electron chi connectivity index (χ1n) is 10.4. The third kappa shape index (κ3) is 4.68. The van der Waals surface area contributed by atoms with Gasteiger partial charge in [-0.3, -0.25) is 4.90 Å². The molecule has 5 heteroatoms. The average molecular weight is 400 g/mol. The van der Waals surface area contributed by atoms with Gasteiger partial charge in [0.05, 0.1) is 12.7 Å². The number of nitrogens with zero attached hydrogens (tertiary/aromatic N) is 3. The highest BCUT2D eigenvalue weighted by molar-refractivity contribution is 6.30. The zero-order valence-electron chi connectivity index (χ0n) is 16.9. The molecule has 0 aliphatic carbocycles. The third-order valence-corrected chi connectivity index (χ3v) is 6.31. The summed E-state index contributed by atoms with van der Waals surface area (Å²) in [6.45, 7) is 8.29. The lowest BCUT2D eigenvalue weighted by molar-refractivity contribution is -0.0745. The molecule has 0 bridgehead atoms. The van der Waals surface area contributed by atoms with Crippen molar-refractivity contribution in [2.24, 2.45) is 0 Å². The molecule has 0 saturated carbocycles. The molecule has 2 atom stereocenters. The molecule has 0 unspecified atom stereocenters. The Morgan fingerprint density at radius 2 is 1.89 bits per heavy atom. The average Bonchev–Trinajstić information content (AvgIpc) is 2.71. The van der Waals surface area contributed by atoms with Gasteiger partial charge in [-0.1, -0.05) is 23.7 Å². The van der Waals surface area contributed by atoms with Crippen LogP contribution in [-0.4, -0.2) is 54.3 Å². The predicted molar refractivity (Wildman–Crippen MR) is 115 cm³/mol. The fraction of sp³-hybridized carbons (Fsp3) is 0.522. The summed E-state index contributed by atoms with van der Waals surface area (Å²) in [6, 6.07) is 13.6. The Kier molecular flexibility index (Phi) is 6.19. The summed E-state index contributed by atoms with van der Waals surface area (Å²) in [5, 5.41) is 0.797. The minimum atomic E-state index is 0.304. The predicted octanol–water partition coefficient (Wildman–Crippen LogP) is 4.34. The number of benzene rings is 1. The van der Waals surface area contributed by atoms with E-state index >= 15 is 0 Å². The number of rotatable bonds is 4. The summed E-state index contributed by atoms with van der Waals surface area (Å²) in [7, 11) is 0. The minimum absolute atomic E-state index is 0.304.